The minimum Gasteiger partial charge on any atom is -0.422 e. The van der Waals surface area contributed by atoms with Crippen molar-refractivity contribution in [3.63, 3.8) is 0 Å². The summed E-state index contributed by atoms with van der Waals surface area (Å²) < 4.78 is 5.39. The summed E-state index contributed by atoms with van der Waals surface area (Å²) in [6, 6.07) is 10.9. The van der Waals surface area contributed by atoms with E-state index in [0.29, 0.717) is 21.9 Å². The number of benzene rings is 1. The van der Waals surface area contributed by atoms with E-state index in [1.165, 1.54) is 11.3 Å². The molecular formula is C19H13ClN2O2S. The fourth-order valence-corrected chi connectivity index (χ4v) is 3.61. The Morgan fingerprint density at radius 3 is 2.92 bits per heavy atom. The van der Waals surface area contributed by atoms with Gasteiger partial charge in [0, 0.05) is 33.2 Å². The molecule has 124 valence electrons. The van der Waals surface area contributed by atoms with Crippen molar-refractivity contribution < 1.29 is 4.42 Å². The molecule has 0 N–H and O–H groups in total. The zero-order valence-electron chi connectivity index (χ0n) is 13.3. The zero-order chi connectivity index (χ0) is 17.4. The highest BCUT2D eigenvalue weighted by atomic mass is 35.5. The summed E-state index contributed by atoms with van der Waals surface area (Å²) in [4.78, 5) is 21.2. The zero-order valence-corrected chi connectivity index (χ0v) is 14.9. The van der Waals surface area contributed by atoms with E-state index in [9.17, 15) is 4.79 Å². The van der Waals surface area contributed by atoms with Gasteiger partial charge in [0.1, 0.15) is 10.6 Å². The minimum absolute atomic E-state index is 0.407. The van der Waals surface area contributed by atoms with Crippen LogP contribution in [0.3, 0.4) is 0 Å². The van der Waals surface area contributed by atoms with Crippen molar-refractivity contribution in [1.82, 2.24) is 9.97 Å². The predicted octanol–water partition coefficient (Wildman–Crippen LogP) is 5.19. The SMILES string of the molecule is CCc1cc(-c2nc(-c3cc4cc(Cl)ccc4oc3=O)cs2)ccn1. The third kappa shape index (κ3) is 3.08. The van der Waals surface area contributed by atoms with Gasteiger partial charge in [-0.2, -0.15) is 0 Å². The second-order valence-corrected chi connectivity index (χ2v) is 6.85. The molecule has 6 heteroatoms. The van der Waals surface area contributed by atoms with Gasteiger partial charge >= 0.3 is 5.63 Å². The number of fused-ring (bicyclic) bond motifs is 1. The molecule has 0 spiro atoms. The molecule has 3 aromatic heterocycles. The average Bonchev–Trinajstić information content (AvgIpc) is 3.11. The molecule has 0 unspecified atom stereocenters. The number of hydrogen-bond donors (Lipinski definition) is 0. The van der Waals surface area contributed by atoms with Crippen LogP contribution in [-0.4, -0.2) is 9.97 Å². The van der Waals surface area contributed by atoms with Crippen molar-refractivity contribution in [2.75, 3.05) is 0 Å². The highest BCUT2D eigenvalue weighted by Crippen LogP contribution is 2.29. The topological polar surface area (TPSA) is 56.0 Å². The van der Waals surface area contributed by atoms with Crippen molar-refractivity contribution in [3.8, 4) is 21.8 Å². The van der Waals surface area contributed by atoms with E-state index < -0.39 is 5.63 Å². The largest absolute Gasteiger partial charge is 0.422 e. The quantitative estimate of drug-likeness (QED) is 0.467. The standard InChI is InChI=1S/C19H13ClN2O2S/c1-2-14-8-11(5-6-21-14)18-22-16(10-25-18)15-9-12-7-13(20)3-4-17(12)24-19(15)23/h3-10H,2H2,1H3. The van der Waals surface area contributed by atoms with Crippen LogP contribution in [0.25, 0.3) is 32.8 Å². The normalized spacial score (nSPS) is 11.1. The summed E-state index contributed by atoms with van der Waals surface area (Å²) in [6.07, 6.45) is 2.64. The molecule has 3 heterocycles. The van der Waals surface area contributed by atoms with Gasteiger partial charge in [-0.25, -0.2) is 9.78 Å². The average molecular weight is 369 g/mol. The second-order valence-electron chi connectivity index (χ2n) is 5.56. The maximum atomic E-state index is 12.3. The molecule has 0 amide bonds. The molecule has 4 aromatic rings. The summed E-state index contributed by atoms with van der Waals surface area (Å²) in [6.45, 7) is 2.06. The predicted molar refractivity (Wildman–Crippen MR) is 101 cm³/mol. The molecule has 25 heavy (non-hydrogen) atoms. The van der Waals surface area contributed by atoms with Crippen molar-refractivity contribution in [3.05, 3.63) is 69.1 Å². The number of aromatic nitrogens is 2. The number of halogens is 1. The fourth-order valence-electron chi connectivity index (χ4n) is 2.61. The van der Waals surface area contributed by atoms with E-state index in [4.69, 9.17) is 16.0 Å². The maximum absolute atomic E-state index is 12.3. The minimum atomic E-state index is -0.407. The van der Waals surface area contributed by atoms with Gasteiger partial charge in [0.15, 0.2) is 0 Å². The van der Waals surface area contributed by atoms with E-state index in [-0.39, 0.29) is 0 Å². The summed E-state index contributed by atoms with van der Waals surface area (Å²) in [7, 11) is 0. The van der Waals surface area contributed by atoms with Crippen molar-refractivity contribution >= 4 is 33.9 Å². The highest BCUT2D eigenvalue weighted by Gasteiger charge is 2.13. The maximum Gasteiger partial charge on any atom is 0.345 e. The summed E-state index contributed by atoms with van der Waals surface area (Å²) >= 11 is 7.52. The molecule has 0 saturated carbocycles. The molecule has 0 bridgehead atoms. The van der Waals surface area contributed by atoms with E-state index in [1.807, 2.05) is 17.5 Å². The van der Waals surface area contributed by atoms with Crippen LogP contribution >= 0.6 is 22.9 Å². The lowest BCUT2D eigenvalue weighted by molar-refractivity contribution is 0.563. The van der Waals surface area contributed by atoms with Gasteiger partial charge in [-0.3, -0.25) is 4.98 Å². The lowest BCUT2D eigenvalue weighted by Gasteiger charge is -2.01. The monoisotopic (exact) mass is 368 g/mol. The number of rotatable bonds is 3. The fraction of sp³-hybridized carbons (Fsp3) is 0.105. The number of thiazole rings is 1. The van der Waals surface area contributed by atoms with Crippen LogP contribution in [-0.2, 0) is 6.42 Å². The summed E-state index contributed by atoms with van der Waals surface area (Å²) in [5.74, 6) is 0. The Kier molecular flexibility index (Phi) is 4.11. The number of pyridine rings is 1. The molecule has 4 rings (SSSR count). The first-order chi connectivity index (χ1) is 12.1. The van der Waals surface area contributed by atoms with Crippen molar-refractivity contribution in [2.24, 2.45) is 0 Å². The lowest BCUT2D eigenvalue weighted by atomic mass is 10.1. The van der Waals surface area contributed by atoms with Gasteiger partial charge in [-0.05, 0) is 42.8 Å². The molecule has 0 atom stereocenters. The van der Waals surface area contributed by atoms with Crippen LogP contribution in [0.1, 0.15) is 12.6 Å². The Bertz CT molecular complexity index is 1130. The first kappa shape index (κ1) is 16.0. The number of aryl methyl sites for hydroxylation is 1. The van der Waals surface area contributed by atoms with E-state index >= 15 is 0 Å². The van der Waals surface area contributed by atoms with Crippen molar-refractivity contribution in [2.45, 2.75) is 13.3 Å². The van der Waals surface area contributed by atoms with Crippen LogP contribution < -0.4 is 5.63 Å². The van der Waals surface area contributed by atoms with E-state index in [2.05, 4.69) is 16.9 Å². The molecule has 1 aromatic carbocycles. The van der Waals surface area contributed by atoms with Crippen LogP contribution in [0.5, 0.6) is 0 Å². The Morgan fingerprint density at radius 1 is 1.20 bits per heavy atom. The Labute approximate surface area is 152 Å². The van der Waals surface area contributed by atoms with Crippen LogP contribution in [0.15, 0.2) is 57.2 Å². The molecule has 0 aliphatic carbocycles. The summed E-state index contributed by atoms with van der Waals surface area (Å²) in [5, 5.41) is 4.07. The molecule has 0 radical (unpaired) electrons. The molecular weight excluding hydrogens is 356 g/mol. The second kappa shape index (κ2) is 6.43. The van der Waals surface area contributed by atoms with Crippen molar-refractivity contribution in [1.29, 1.82) is 0 Å². The van der Waals surface area contributed by atoms with Gasteiger partial charge in [-0.1, -0.05) is 18.5 Å². The van der Waals surface area contributed by atoms with Gasteiger partial charge in [0.25, 0.3) is 0 Å². The summed E-state index contributed by atoms with van der Waals surface area (Å²) in [5.41, 5.74) is 3.14. The van der Waals surface area contributed by atoms with Gasteiger partial charge in [0.2, 0.25) is 0 Å². The lowest BCUT2D eigenvalue weighted by Crippen LogP contribution is -2.02. The Balaban J connectivity index is 1.80. The Morgan fingerprint density at radius 2 is 2.08 bits per heavy atom. The van der Waals surface area contributed by atoms with Gasteiger partial charge in [-0.15, -0.1) is 11.3 Å². The van der Waals surface area contributed by atoms with Gasteiger partial charge < -0.3 is 4.42 Å². The van der Waals surface area contributed by atoms with Crippen LogP contribution in [0, 0.1) is 0 Å². The highest BCUT2D eigenvalue weighted by molar-refractivity contribution is 7.13. The third-order valence-corrected chi connectivity index (χ3v) is 5.03. The molecule has 0 aliphatic rings. The smallest absolute Gasteiger partial charge is 0.345 e. The van der Waals surface area contributed by atoms with Crippen LogP contribution in [0.2, 0.25) is 5.02 Å². The molecule has 0 fully saturated rings. The van der Waals surface area contributed by atoms with Gasteiger partial charge in [0.05, 0.1) is 11.3 Å². The molecule has 0 aliphatic heterocycles. The Hall–Kier alpha value is -2.50. The third-order valence-electron chi connectivity index (χ3n) is 3.90. The van der Waals surface area contributed by atoms with E-state index in [1.54, 1.807) is 30.5 Å². The first-order valence-corrected chi connectivity index (χ1v) is 9.04. The molecule has 0 saturated heterocycles. The van der Waals surface area contributed by atoms with Crippen LogP contribution in [0.4, 0.5) is 0 Å². The van der Waals surface area contributed by atoms with E-state index in [0.717, 1.165) is 28.1 Å². The number of nitrogens with zero attached hydrogens (tertiary/aromatic N) is 2. The first-order valence-electron chi connectivity index (χ1n) is 7.78. The number of hydrogen-bond acceptors (Lipinski definition) is 5. The molecule has 4 nitrogen and oxygen atoms in total.